The topological polar surface area (TPSA) is 115 Å². The zero-order valence-electron chi connectivity index (χ0n) is 13.4. The van der Waals surface area contributed by atoms with Gasteiger partial charge < -0.3 is 29.9 Å². The van der Waals surface area contributed by atoms with Crippen LogP contribution in [0.3, 0.4) is 0 Å². The lowest BCUT2D eigenvalue weighted by Gasteiger charge is -2.39. The SMILES string of the molecule is CSN1CN=C(c2cccc(O[C@@H]3O[C@H](CO)[C@@H](O)[C@H](O)[C@H]3O)c2)S1. The van der Waals surface area contributed by atoms with Crippen molar-refractivity contribution in [3.8, 4) is 5.75 Å². The second-order valence-electron chi connectivity index (χ2n) is 5.55. The van der Waals surface area contributed by atoms with Crippen LogP contribution in [0, 0.1) is 0 Å². The van der Waals surface area contributed by atoms with Crippen LogP contribution in [0.5, 0.6) is 5.75 Å². The van der Waals surface area contributed by atoms with E-state index in [1.54, 1.807) is 30.1 Å². The van der Waals surface area contributed by atoms with Gasteiger partial charge in [0.05, 0.1) is 6.61 Å². The summed E-state index contributed by atoms with van der Waals surface area (Å²) in [4.78, 5) is 4.45. The Morgan fingerprint density at radius 3 is 2.80 bits per heavy atom. The van der Waals surface area contributed by atoms with Gasteiger partial charge in [0.1, 0.15) is 41.9 Å². The van der Waals surface area contributed by atoms with Crippen LogP contribution in [0.2, 0.25) is 0 Å². The van der Waals surface area contributed by atoms with Gasteiger partial charge in [0, 0.05) is 5.56 Å². The maximum Gasteiger partial charge on any atom is 0.229 e. The van der Waals surface area contributed by atoms with E-state index in [2.05, 4.69) is 4.99 Å². The fourth-order valence-corrected chi connectivity index (χ4v) is 3.86. The van der Waals surface area contributed by atoms with Crippen LogP contribution in [0.4, 0.5) is 0 Å². The monoisotopic (exact) mass is 388 g/mol. The van der Waals surface area contributed by atoms with E-state index in [1.807, 2.05) is 16.0 Å². The van der Waals surface area contributed by atoms with Crippen LogP contribution < -0.4 is 4.74 Å². The van der Waals surface area contributed by atoms with Crippen molar-refractivity contribution in [2.75, 3.05) is 19.5 Å². The molecule has 5 atom stereocenters. The highest BCUT2D eigenvalue weighted by molar-refractivity contribution is 8.20. The molecule has 0 amide bonds. The maximum atomic E-state index is 10.1. The third-order valence-electron chi connectivity index (χ3n) is 3.90. The fourth-order valence-electron chi connectivity index (χ4n) is 2.52. The molecular formula is C15H20N2O6S2. The highest BCUT2D eigenvalue weighted by Gasteiger charge is 2.44. The van der Waals surface area contributed by atoms with Gasteiger partial charge in [-0.05, 0) is 30.3 Å². The summed E-state index contributed by atoms with van der Waals surface area (Å²) in [5, 5.41) is 39.8. The lowest BCUT2D eigenvalue weighted by atomic mass is 9.99. The summed E-state index contributed by atoms with van der Waals surface area (Å²) in [6, 6.07) is 7.14. The van der Waals surface area contributed by atoms with Gasteiger partial charge in [-0.1, -0.05) is 24.1 Å². The predicted molar refractivity (Wildman–Crippen MR) is 95.2 cm³/mol. The lowest BCUT2D eigenvalue weighted by Crippen LogP contribution is -2.60. The first-order valence-corrected chi connectivity index (χ1v) is 9.60. The minimum Gasteiger partial charge on any atom is -0.462 e. The minimum absolute atomic E-state index is 0.424. The Morgan fingerprint density at radius 2 is 2.12 bits per heavy atom. The molecule has 10 heteroatoms. The molecule has 2 heterocycles. The highest BCUT2D eigenvalue weighted by atomic mass is 32.2. The lowest BCUT2D eigenvalue weighted by molar-refractivity contribution is -0.277. The zero-order valence-corrected chi connectivity index (χ0v) is 15.1. The predicted octanol–water partition coefficient (Wildman–Crippen LogP) is -0.189. The van der Waals surface area contributed by atoms with Crippen molar-refractivity contribution >= 4 is 28.9 Å². The first-order chi connectivity index (χ1) is 12.0. The van der Waals surface area contributed by atoms with E-state index in [-0.39, 0.29) is 0 Å². The summed E-state index contributed by atoms with van der Waals surface area (Å²) in [5.74, 6) is 0.424. The van der Waals surface area contributed by atoms with E-state index < -0.39 is 37.3 Å². The quantitative estimate of drug-likeness (QED) is 0.510. The van der Waals surface area contributed by atoms with Crippen LogP contribution >= 0.6 is 23.9 Å². The van der Waals surface area contributed by atoms with Crippen LogP contribution in [-0.2, 0) is 4.74 Å². The molecule has 2 aliphatic heterocycles. The Bertz CT molecular complexity index is 632. The molecule has 8 nitrogen and oxygen atoms in total. The molecule has 1 aromatic rings. The van der Waals surface area contributed by atoms with E-state index in [9.17, 15) is 20.4 Å². The van der Waals surface area contributed by atoms with E-state index in [1.165, 1.54) is 11.9 Å². The maximum absolute atomic E-state index is 10.1. The molecule has 1 aromatic carbocycles. The normalized spacial score (nSPS) is 33.3. The molecule has 0 aliphatic carbocycles. The van der Waals surface area contributed by atoms with Crippen LogP contribution in [0.15, 0.2) is 29.3 Å². The van der Waals surface area contributed by atoms with Gasteiger partial charge >= 0.3 is 0 Å². The third kappa shape index (κ3) is 4.12. The number of hydrogen-bond acceptors (Lipinski definition) is 10. The third-order valence-corrected chi connectivity index (χ3v) is 5.95. The number of ether oxygens (including phenoxy) is 2. The summed E-state index contributed by atoms with van der Waals surface area (Å²) >= 11 is 3.12. The average Bonchev–Trinajstić information content (AvgIpc) is 3.12. The summed E-state index contributed by atoms with van der Waals surface area (Å²) in [6.07, 6.45) is -4.55. The highest BCUT2D eigenvalue weighted by Crippen LogP contribution is 2.31. The van der Waals surface area contributed by atoms with Gasteiger partial charge in [-0.15, -0.1) is 0 Å². The average molecular weight is 388 g/mol. The molecule has 1 saturated heterocycles. The molecular weight excluding hydrogens is 368 g/mol. The molecule has 4 N–H and O–H groups in total. The second kappa shape index (κ2) is 8.23. The number of rotatable bonds is 5. The van der Waals surface area contributed by atoms with Crippen molar-refractivity contribution in [2.24, 2.45) is 4.99 Å². The smallest absolute Gasteiger partial charge is 0.229 e. The summed E-state index contributed by atoms with van der Waals surface area (Å²) < 4.78 is 13.0. The van der Waals surface area contributed by atoms with Crippen molar-refractivity contribution in [3.05, 3.63) is 29.8 Å². The Hall–Kier alpha value is -0.850. The summed E-state index contributed by atoms with van der Waals surface area (Å²) in [6.45, 7) is 0.0990. The molecule has 25 heavy (non-hydrogen) atoms. The Kier molecular flexibility index (Phi) is 6.23. The van der Waals surface area contributed by atoms with E-state index in [4.69, 9.17) is 9.47 Å². The van der Waals surface area contributed by atoms with Gasteiger partial charge in [0.2, 0.25) is 6.29 Å². The number of aliphatic hydroxyl groups excluding tert-OH is 4. The number of nitrogens with zero attached hydrogens (tertiary/aromatic N) is 2. The molecule has 1 fully saturated rings. The van der Waals surface area contributed by atoms with Crippen LogP contribution in [-0.4, -0.2) is 79.4 Å². The van der Waals surface area contributed by atoms with Gasteiger partial charge in [-0.3, -0.25) is 4.99 Å². The number of benzene rings is 1. The van der Waals surface area contributed by atoms with Crippen molar-refractivity contribution in [3.63, 3.8) is 0 Å². The van der Waals surface area contributed by atoms with Crippen molar-refractivity contribution in [2.45, 2.75) is 30.7 Å². The molecule has 2 aliphatic rings. The summed E-state index contributed by atoms with van der Waals surface area (Å²) in [7, 11) is 0. The molecule has 0 radical (unpaired) electrons. The molecule has 0 bridgehead atoms. The Balaban J connectivity index is 1.72. The Labute approximate surface area is 153 Å². The first-order valence-electron chi connectivity index (χ1n) is 7.65. The van der Waals surface area contributed by atoms with Crippen LogP contribution in [0.1, 0.15) is 5.56 Å². The van der Waals surface area contributed by atoms with Crippen LogP contribution in [0.25, 0.3) is 0 Å². The number of hydrogen-bond donors (Lipinski definition) is 4. The van der Waals surface area contributed by atoms with Gasteiger partial charge in [-0.25, -0.2) is 0 Å². The van der Waals surface area contributed by atoms with Gasteiger partial charge in [-0.2, -0.15) is 3.71 Å². The number of aliphatic hydroxyl groups is 4. The molecule has 0 unspecified atom stereocenters. The molecule has 0 spiro atoms. The van der Waals surface area contributed by atoms with E-state index >= 15 is 0 Å². The number of aliphatic imine (C=N–C) groups is 1. The standard InChI is InChI=1S/C15H20N2O6S2/c1-24-17-7-16-14(25-17)8-3-2-4-9(5-8)22-15-13(21)12(20)11(19)10(6-18)23-15/h2-5,10-13,15,18-21H,6-7H2,1H3/t10-,11-,12+,13-,15-/m1/s1. The fraction of sp³-hybridized carbons (Fsp3) is 0.533. The Morgan fingerprint density at radius 1 is 1.32 bits per heavy atom. The molecule has 0 saturated carbocycles. The molecule has 138 valence electrons. The largest absolute Gasteiger partial charge is 0.462 e. The second-order valence-corrected chi connectivity index (χ2v) is 7.60. The van der Waals surface area contributed by atoms with E-state index in [0.29, 0.717) is 12.4 Å². The van der Waals surface area contributed by atoms with Gasteiger partial charge in [0.15, 0.2) is 0 Å². The van der Waals surface area contributed by atoms with Crippen molar-refractivity contribution < 1.29 is 29.9 Å². The van der Waals surface area contributed by atoms with E-state index in [0.717, 1.165) is 10.6 Å². The van der Waals surface area contributed by atoms with Gasteiger partial charge in [0.25, 0.3) is 0 Å². The minimum atomic E-state index is -1.47. The summed E-state index contributed by atoms with van der Waals surface area (Å²) in [5.41, 5.74) is 0.864. The van der Waals surface area contributed by atoms with Crippen molar-refractivity contribution in [1.29, 1.82) is 0 Å². The first kappa shape index (κ1) is 18.9. The molecule has 0 aromatic heterocycles. The zero-order chi connectivity index (χ0) is 18.0. The van der Waals surface area contributed by atoms with Crippen molar-refractivity contribution in [1.82, 2.24) is 3.71 Å². The molecule has 3 rings (SSSR count).